The highest BCUT2D eigenvalue weighted by molar-refractivity contribution is 6.06. The number of aromatic nitrogens is 2. The Morgan fingerprint density at radius 2 is 2.18 bits per heavy atom. The van der Waals surface area contributed by atoms with Gasteiger partial charge in [0.2, 0.25) is 0 Å². The van der Waals surface area contributed by atoms with Crippen LogP contribution in [0.5, 0.6) is 0 Å². The Labute approximate surface area is 101 Å². The zero-order valence-electron chi connectivity index (χ0n) is 10.6. The van der Waals surface area contributed by atoms with Crippen LogP contribution in [0, 0.1) is 6.92 Å². The van der Waals surface area contributed by atoms with Crippen molar-refractivity contribution in [3.05, 3.63) is 29.9 Å². The number of aldehydes is 1. The first-order valence-corrected chi connectivity index (χ1v) is 5.19. The Morgan fingerprint density at radius 3 is 2.59 bits per heavy atom. The molecule has 5 nitrogen and oxygen atoms in total. The highest BCUT2D eigenvalue weighted by atomic mass is 16.1. The molecule has 0 spiro atoms. The van der Waals surface area contributed by atoms with Crippen molar-refractivity contribution in [3.63, 3.8) is 0 Å². The zero-order chi connectivity index (χ0) is 13.0. The number of amidine groups is 1. The number of rotatable bonds is 2. The smallest absolute Gasteiger partial charge is 0.170 e. The third-order valence-electron chi connectivity index (χ3n) is 2.22. The van der Waals surface area contributed by atoms with E-state index in [4.69, 9.17) is 0 Å². The third-order valence-corrected chi connectivity index (χ3v) is 2.22. The molecule has 0 aliphatic heterocycles. The lowest BCUT2D eigenvalue weighted by Gasteiger charge is -2.08. The number of aliphatic imine (C=N–C) groups is 2. The molecule has 0 fully saturated rings. The van der Waals surface area contributed by atoms with Gasteiger partial charge in [0.25, 0.3) is 0 Å². The van der Waals surface area contributed by atoms with Crippen molar-refractivity contribution >= 4 is 18.0 Å². The quantitative estimate of drug-likeness (QED) is 0.444. The summed E-state index contributed by atoms with van der Waals surface area (Å²) >= 11 is 0. The molecule has 1 heterocycles. The Balaban J connectivity index is 3.33. The van der Waals surface area contributed by atoms with Crippen LogP contribution in [0.1, 0.15) is 30.2 Å². The molecule has 1 rings (SSSR count). The lowest BCUT2D eigenvalue weighted by molar-refractivity contribution is 0.111. The first-order valence-electron chi connectivity index (χ1n) is 5.19. The largest absolute Gasteiger partial charge is 0.296 e. The Morgan fingerprint density at radius 1 is 1.53 bits per heavy atom. The van der Waals surface area contributed by atoms with Crippen LogP contribution in [0.25, 0.3) is 0 Å². The molecule has 0 aliphatic carbocycles. The van der Waals surface area contributed by atoms with E-state index in [0.717, 1.165) is 5.57 Å². The fraction of sp³-hybridized carbons (Fsp3) is 0.333. The van der Waals surface area contributed by atoms with E-state index in [9.17, 15) is 4.79 Å². The highest BCUT2D eigenvalue weighted by Gasteiger charge is 2.10. The average Bonchev–Trinajstić information content (AvgIpc) is 2.66. The molecule has 0 aromatic carbocycles. The van der Waals surface area contributed by atoms with Gasteiger partial charge in [0.15, 0.2) is 6.29 Å². The maximum Gasteiger partial charge on any atom is 0.170 e. The average molecular weight is 232 g/mol. The summed E-state index contributed by atoms with van der Waals surface area (Å²) in [4.78, 5) is 23.1. The Kier molecular flexibility index (Phi) is 4.09. The molecule has 0 unspecified atom stereocenters. The van der Waals surface area contributed by atoms with Crippen LogP contribution in [0.3, 0.4) is 0 Å². The molecule has 0 atom stereocenters. The van der Waals surface area contributed by atoms with Crippen LogP contribution in [-0.4, -0.2) is 34.6 Å². The van der Waals surface area contributed by atoms with Crippen LogP contribution in [0.15, 0.2) is 28.3 Å². The van der Waals surface area contributed by atoms with Crippen LogP contribution in [-0.2, 0) is 0 Å². The second-order valence-corrected chi connectivity index (χ2v) is 3.69. The van der Waals surface area contributed by atoms with Gasteiger partial charge in [-0.3, -0.25) is 14.4 Å². The van der Waals surface area contributed by atoms with E-state index >= 15 is 0 Å². The molecule has 0 saturated heterocycles. The number of carbonyl (C=O) groups excluding carboxylic acids is 1. The summed E-state index contributed by atoms with van der Waals surface area (Å²) in [6, 6.07) is 0. The van der Waals surface area contributed by atoms with E-state index in [1.165, 1.54) is 0 Å². The van der Waals surface area contributed by atoms with Gasteiger partial charge in [-0.25, -0.2) is 9.98 Å². The van der Waals surface area contributed by atoms with Crippen LogP contribution < -0.4 is 0 Å². The van der Waals surface area contributed by atoms with Crippen molar-refractivity contribution < 1.29 is 4.79 Å². The normalized spacial score (nSPS) is 12.7. The van der Waals surface area contributed by atoms with Crippen LogP contribution >= 0.6 is 0 Å². The SMILES string of the molecule is C=C(C)C(=NC(C)=NC)n1cc(C=O)nc1C. The van der Waals surface area contributed by atoms with E-state index in [-0.39, 0.29) is 0 Å². The number of nitrogens with zero attached hydrogens (tertiary/aromatic N) is 4. The highest BCUT2D eigenvalue weighted by Crippen LogP contribution is 2.06. The van der Waals surface area contributed by atoms with Crippen molar-refractivity contribution in [1.29, 1.82) is 0 Å². The molecule has 0 radical (unpaired) electrons. The van der Waals surface area contributed by atoms with Gasteiger partial charge in [-0.1, -0.05) is 6.58 Å². The van der Waals surface area contributed by atoms with Crippen LogP contribution in [0.2, 0.25) is 0 Å². The first kappa shape index (κ1) is 13.0. The second-order valence-electron chi connectivity index (χ2n) is 3.69. The minimum atomic E-state index is 0.377. The number of allylic oxidation sites excluding steroid dienone is 1. The second kappa shape index (κ2) is 5.34. The van der Waals surface area contributed by atoms with E-state index in [1.54, 1.807) is 24.7 Å². The first-order chi connectivity index (χ1) is 7.99. The van der Waals surface area contributed by atoms with E-state index in [0.29, 0.717) is 29.5 Å². The van der Waals surface area contributed by atoms with Gasteiger partial charge in [0.1, 0.15) is 23.2 Å². The molecular weight excluding hydrogens is 216 g/mol. The van der Waals surface area contributed by atoms with Crippen molar-refractivity contribution in [2.45, 2.75) is 20.8 Å². The van der Waals surface area contributed by atoms with Gasteiger partial charge >= 0.3 is 0 Å². The Bertz CT molecular complexity index is 509. The predicted octanol–water partition coefficient (Wildman–Crippen LogP) is 1.87. The topological polar surface area (TPSA) is 59.6 Å². The number of aryl methyl sites for hydroxylation is 1. The van der Waals surface area contributed by atoms with Crippen molar-refractivity contribution in [3.8, 4) is 0 Å². The zero-order valence-corrected chi connectivity index (χ0v) is 10.6. The molecule has 0 bridgehead atoms. The van der Waals surface area contributed by atoms with Gasteiger partial charge < -0.3 is 0 Å². The van der Waals surface area contributed by atoms with E-state index in [2.05, 4.69) is 21.5 Å². The minimum Gasteiger partial charge on any atom is -0.296 e. The Hall–Kier alpha value is -2.04. The van der Waals surface area contributed by atoms with Crippen LogP contribution in [0.4, 0.5) is 0 Å². The third kappa shape index (κ3) is 2.96. The van der Waals surface area contributed by atoms with Gasteiger partial charge in [0, 0.05) is 13.2 Å². The minimum absolute atomic E-state index is 0.377. The summed E-state index contributed by atoms with van der Waals surface area (Å²) in [5, 5.41) is 0. The molecule has 1 aromatic heterocycles. The van der Waals surface area contributed by atoms with Gasteiger partial charge in [-0.05, 0) is 26.3 Å². The number of hydrogen-bond acceptors (Lipinski definition) is 3. The molecular formula is C12H16N4O. The molecule has 0 saturated carbocycles. The maximum atomic E-state index is 10.7. The van der Waals surface area contributed by atoms with Gasteiger partial charge in [-0.15, -0.1) is 0 Å². The number of carbonyl (C=O) groups is 1. The lowest BCUT2D eigenvalue weighted by atomic mass is 10.3. The van der Waals surface area contributed by atoms with Gasteiger partial charge in [0.05, 0.1) is 0 Å². The number of imidazole rings is 1. The molecule has 0 N–H and O–H groups in total. The molecule has 17 heavy (non-hydrogen) atoms. The standard InChI is InChI=1S/C12H16N4O/c1-8(2)12(14-9(3)13-5)16-6-11(7-17)15-10(16)4/h6-7H,1H2,2-5H3. The van der Waals surface area contributed by atoms with E-state index in [1.807, 2.05) is 13.8 Å². The summed E-state index contributed by atoms with van der Waals surface area (Å²) < 4.78 is 1.74. The molecule has 1 aromatic rings. The van der Waals surface area contributed by atoms with E-state index < -0.39 is 0 Å². The summed E-state index contributed by atoms with van der Waals surface area (Å²) in [5.74, 6) is 1.98. The van der Waals surface area contributed by atoms with Crippen molar-refractivity contribution in [2.24, 2.45) is 9.98 Å². The molecule has 0 aliphatic rings. The molecule has 90 valence electrons. The number of hydrogen-bond donors (Lipinski definition) is 0. The molecule has 0 amide bonds. The summed E-state index contributed by atoms with van der Waals surface area (Å²) in [7, 11) is 1.67. The van der Waals surface area contributed by atoms with Gasteiger partial charge in [-0.2, -0.15) is 0 Å². The summed E-state index contributed by atoms with van der Waals surface area (Å²) in [6.45, 7) is 9.33. The monoisotopic (exact) mass is 232 g/mol. The summed E-state index contributed by atoms with van der Waals surface area (Å²) in [6.07, 6.45) is 2.35. The van der Waals surface area contributed by atoms with Crippen molar-refractivity contribution in [2.75, 3.05) is 7.05 Å². The van der Waals surface area contributed by atoms with Crippen molar-refractivity contribution in [1.82, 2.24) is 9.55 Å². The lowest BCUT2D eigenvalue weighted by Crippen LogP contribution is -2.15. The fourth-order valence-electron chi connectivity index (χ4n) is 1.32. The molecule has 5 heteroatoms. The summed E-state index contributed by atoms with van der Waals surface area (Å²) in [5.41, 5.74) is 1.16. The predicted molar refractivity (Wildman–Crippen MR) is 69.0 cm³/mol. The fourth-order valence-corrected chi connectivity index (χ4v) is 1.32. The maximum absolute atomic E-state index is 10.7.